The lowest BCUT2D eigenvalue weighted by atomic mass is 9.97. The molecule has 1 atom stereocenters. The minimum atomic E-state index is -4.02. The van der Waals surface area contributed by atoms with Crippen molar-refractivity contribution in [3.63, 3.8) is 0 Å². The number of nitro benzene ring substituents is 1. The minimum Gasteiger partial charge on any atom is -0.380 e. The molecule has 1 saturated heterocycles. The standard InChI is InChI=1S/C12H15BrN2O5S/c1-12(5-2-6-20-8-12)14-21(18,19)11-7-9(13)3-4-10(11)15(16)17/h3-4,7,14H,2,5-6,8H2,1H3. The second-order valence-corrected chi connectivity index (χ2v) is 7.76. The van der Waals surface area contributed by atoms with E-state index in [1.54, 1.807) is 6.92 Å². The van der Waals surface area contributed by atoms with Gasteiger partial charge in [0.15, 0.2) is 4.90 Å². The third-order valence-corrected chi connectivity index (χ3v) is 5.39. The van der Waals surface area contributed by atoms with E-state index in [1.165, 1.54) is 18.2 Å². The van der Waals surface area contributed by atoms with E-state index in [4.69, 9.17) is 4.74 Å². The molecule has 7 nitrogen and oxygen atoms in total. The quantitative estimate of drug-likeness (QED) is 0.639. The van der Waals surface area contributed by atoms with E-state index in [-0.39, 0.29) is 11.5 Å². The molecule has 1 N–H and O–H groups in total. The van der Waals surface area contributed by atoms with Crippen LogP contribution in [-0.4, -0.2) is 32.1 Å². The summed E-state index contributed by atoms with van der Waals surface area (Å²) in [6, 6.07) is 3.83. The van der Waals surface area contributed by atoms with Crippen molar-refractivity contribution >= 4 is 31.6 Å². The number of hydrogen-bond donors (Lipinski definition) is 1. The van der Waals surface area contributed by atoms with Crippen LogP contribution in [0.5, 0.6) is 0 Å². The first-order valence-corrected chi connectivity index (χ1v) is 8.57. The van der Waals surface area contributed by atoms with Crippen LogP contribution in [0, 0.1) is 10.1 Å². The topological polar surface area (TPSA) is 98.5 Å². The molecule has 1 fully saturated rings. The molecule has 1 aliphatic heterocycles. The Bertz CT molecular complexity index is 656. The zero-order valence-electron chi connectivity index (χ0n) is 11.3. The highest BCUT2D eigenvalue weighted by Crippen LogP contribution is 2.29. The molecule has 0 aliphatic carbocycles. The number of sulfonamides is 1. The van der Waals surface area contributed by atoms with Gasteiger partial charge >= 0.3 is 0 Å². The number of rotatable bonds is 4. The van der Waals surface area contributed by atoms with Crippen molar-refractivity contribution in [1.82, 2.24) is 4.72 Å². The molecule has 2 rings (SSSR count). The van der Waals surface area contributed by atoms with E-state index >= 15 is 0 Å². The summed E-state index contributed by atoms with van der Waals surface area (Å²) in [5.41, 5.74) is -1.21. The Morgan fingerprint density at radius 3 is 2.76 bits per heavy atom. The van der Waals surface area contributed by atoms with Gasteiger partial charge in [-0.3, -0.25) is 10.1 Å². The zero-order valence-corrected chi connectivity index (χ0v) is 13.7. The third-order valence-electron chi connectivity index (χ3n) is 3.23. The fourth-order valence-electron chi connectivity index (χ4n) is 2.25. The van der Waals surface area contributed by atoms with Crippen molar-refractivity contribution in [3.8, 4) is 0 Å². The largest absolute Gasteiger partial charge is 0.380 e. The number of benzene rings is 1. The molecule has 1 aliphatic rings. The molecule has 9 heteroatoms. The summed E-state index contributed by atoms with van der Waals surface area (Å²) >= 11 is 3.14. The Morgan fingerprint density at radius 2 is 2.19 bits per heavy atom. The summed E-state index contributed by atoms with van der Waals surface area (Å²) in [4.78, 5) is 9.96. The Labute approximate surface area is 131 Å². The molecular weight excluding hydrogens is 364 g/mol. The molecular formula is C12H15BrN2O5S. The van der Waals surface area contributed by atoms with Crippen LogP contribution in [0.15, 0.2) is 27.6 Å². The molecule has 0 bridgehead atoms. The summed E-state index contributed by atoms with van der Waals surface area (Å²) in [5, 5.41) is 11.0. The van der Waals surface area contributed by atoms with Crippen LogP contribution in [0.1, 0.15) is 19.8 Å². The van der Waals surface area contributed by atoms with Crippen LogP contribution >= 0.6 is 15.9 Å². The number of hydrogen-bond acceptors (Lipinski definition) is 5. The highest BCUT2D eigenvalue weighted by molar-refractivity contribution is 9.10. The van der Waals surface area contributed by atoms with Gasteiger partial charge in [-0.05, 0) is 31.9 Å². The van der Waals surface area contributed by atoms with Gasteiger partial charge in [0.2, 0.25) is 10.0 Å². The second kappa shape index (κ2) is 5.99. The highest BCUT2D eigenvalue weighted by Gasteiger charge is 2.35. The lowest BCUT2D eigenvalue weighted by molar-refractivity contribution is -0.387. The van der Waals surface area contributed by atoms with E-state index in [2.05, 4.69) is 20.7 Å². The van der Waals surface area contributed by atoms with Crippen LogP contribution in [-0.2, 0) is 14.8 Å². The van der Waals surface area contributed by atoms with Crippen LogP contribution < -0.4 is 4.72 Å². The number of nitrogens with zero attached hydrogens (tertiary/aromatic N) is 1. The Kier molecular flexibility index (Phi) is 4.66. The molecule has 0 amide bonds. The van der Waals surface area contributed by atoms with Crippen LogP contribution in [0.3, 0.4) is 0 Å². The first kappa shape index (κ1) is 16.3. The average molecular weight is 379 g/mol. The SMILES string of the molecule is CC1(NS(=O)(=O)c2cc(Br)ccc2[N+](=O)[O-])CCCOC1. The van der Waals surface area contributed by atoms with Crippen LogP contribution in [0.4, 0.5) is 5.69 Å². The first-order valence-electron chi connectivity index (χ1n) is 6.29. The molecule has 0 aromatic heterocycles. The van der Waals surface area contributed by atoms with E-state index in [1.807, 2.05) is 0 Å². The van der Waals surface area contributed by atoms with Gasteiger partial charge in [0, 0.05) is 17.1 Å². The van der Waals surface area contributed by atoms with Crippen LogP contribution in [0.2, 0.25) is 0 Å². The van der Waals surface area contributed by atoms with Crippen molar-refractivity contribution in [2.45, 2.75) is 30.2 Å². The Morgan fingerprint density at radius 1 is 1.48 bits per heavy atom. The summed E-state index contributed by atoms with van der Waals surface area (Å²) in [6.45, 7) is 2.57. The average Bonchev–Trinajstić information content (AvgIpc) is 2.37. The van der Waals surface area contributed by atoms with Gasteiger partial charge in [0.05, 0.1) is 17.1 Å². The Balaban J connectivity index is 2.39. The molecule has 0 saturated carbocycles. The van der Waals surface area contributed by atoms with Gasteiger partial charge in [0.1, 0.15) is 0 Å². The fourth-order valence-corrected chi connectivity index (χ4v) is 4.38. The second-order valence-electron chi connectivity index (χ2n) is 5.19. The molecule has 0 spiro atoms. The predicted molar refractivity (Wildman–Crippen MR) is 79.6 cm³/mol. The van der Waals surface area contributed by atoms with Crippen molar-refractivity contribution < 1.29 is 18.1 Å². The lowest BCUT2D eigenvalue weighted by Gasteiger charge is -2.33. The minimum absolute atomic E-state index is 0.244. The summed E-state index contributed by atoms with van der Waals surface area (Å²) in [6.07, 6.45) is 1.35. The summed E-state index contributed by atoms with van der Waals surface area (Å²) < 4.78 is 33.3. The summed E-state index contributed by atoms with van der Waals surface area (Å²) in [7, 11) is -4.02. The molecule has 21 heavy (non-hydrogen) atoms. The van der Waals surface area contributed by atoms with E-state index in [9.17, 15) is 18.5 Å². The smallest absolute Gasteiger partial charge is 0.289 e. The van der Waals surface area contributed by atoms with Crippen molar-refractivity contribution in [2.75, 3.05) is 13.2 Å². The molecule has 1 aromatic rings. The number of nitro groups is 1. The molecule has 1 aromatic carbocycles. The fraction of sp³-hybridized carbons (Fsp3) is 0.500. The maximum Gasteiger partial charge on any atom is 0.289 e. The third kappa shape index (κ3) is 3.79. The van der Waals surface area contributed by atoms with Gasteiger partial charge in [-0.1, -0.05) is 15.9 Å². The molecule has 116 valence electrons. The number of halogens is 1. The lowest BCUT2D eigenvalue weighted by Crippen LogP contribution is -2.51. The monoisotopic (exact) mass is 378 g/mol. The maximum atomic E-state index is 12.5. The molecule has 1 heterocycles. The van der Waals surface area contributed by atoms with Gasteiger partial charge in [-0.2, -0.15) is 0 Å². The van der Waals surface area contributed by atoms with Gasteiger partial charge < -0.3 is 4.74 Å². The van der Waals surface area contributed by atoms with Gasteiger partial charge in [-0.15, -0.1) is 0 Å². The van der Waals surface area contributed by atoms with Gasteiger partial charge in [0.25, 0.3) is 5.69 Å². The zero-order chi connectivity index (χ0) is 15.7. The summed E-state index contributed by atoms with van der Waals surface area (Å²) in [5.74, 6) is 0. The highest BCUT2D eigenvalue weighted by atomic mass is 79.9. The van der Waals surface area contributed by atoms with Crippen molar-refractivity contribution in [2.24, 2.45) is 0 Å². The first-order chi connectivity index (χ1) is 9.73. The van der Waals surface area contributed by atoms with E-state index in [0.29, 0.717) is 17.5 Å². The number of ether oxygens (including phenoxy) is 1. The van der Waals surface area contributed by atoms with E-state index in [0.717, 1.165) is 6.42 Å². The van der Waals surface area contributed by atoms with Crippen molar-refractivity contribution in [3.05, 3.63) is 32.8 Å². The van der Waals surface area contributed by atoms with Crippen LogP contribution in [0.25, 0.3) is 0 Å². The normalized spacial score (nSPS) is 23.0. The Hall–Kier alpha value is -1.03. The van der Waals surface area contributed by atoms with E-state index < -0.39 is 26.2 Å². The van der Waals surface area contributed by atoms with Gasteiger partial charge in [-0.25, -0.2) is 13.1 Å². The maximum absolute atomic E-state index is 12.5. The predicted octanol–water partition coefficient (Wildman–Crippen LogP) is 2.20. The molecule has 0 radical (unpaired) electrons. The molecule has 1 unspecified atom stereocenters. The van der Waals surface area contributed by atoms with Crippen molar-refractivity contribution in [1.29, 1.82) is 0 Å². The number of nitrogens with one attached hydrogen (secondary N) is 1.